The molecule has 0 aliphatic carbocycles. The molecule has 1 saturated heterocycles. The lowest BCUT2D eigenvalue weighted by molar-refractivity contribution is -0.125. The van der Waals surface area contributed by atoms with Gasteiger partial charge in [0.15, 0.2) is 0 Å². The maximum atomic E-state index is 11.6. The van der Waals surface area contributed by atoms with Crippen LogP contribution >= 0.6 is 0 Å². The molecule has 0 bridgehead atoms. The zero-order valence-corrected chi connectivity index (χ0v) is 11.6. The number of carbonyl (C=O) groups excluding carboxylic acids is 2. The van der Waals surface area contributed by atoms with Crippen molar-refractivity contribution >= 4 is 23.2 Å². The molecule has 0 spiro atoms. The van der Waals surface area contributed by atoms with E-state index < -0.39 is 5.91 Å². The Labute approximate surface area is 118 Å². The van der Waals surface area contributed by atoms with Crippen molar-refractivity contribution in [3.05, 3.63) is 23.8 Å². The first kappa shape index (κ1) is 14.2. The number of nitrogens with one attached hydrogen (secondary N) is 1. The van der Waals surface area contributed by atoms with E-state index in [1.165, 1.54) is 0 Å². The van der Waals surface area contributed by atoms with Crippen LogP contribution in [0.5, 0.6) is 0 Å². The quantitative estimate of drug-likeness (QED) is 0.692. The molecule has 2 rings (SSSR count). The van der Waals surface area contributed by atoms with E-state index >= 15 is 0 Å². The van der Waals surface area contributed by atoms with Gasteiger partial charge in [-0.25, -0.2) is 0 Å². The average molecular weight is 276 g/mol. The third-order valence-corrected chi connectivity index (χ3v) is 3.74. The van der Waals surface area contributed by atoms with E-state index in [9.17, 15) is 9.59 Å². The Balaban J connectivity index is 2.16. The number of nitrogens with zero attached hydrogens (tertiary/aromatic N) is 1. The molecule has 5 N–H and O–H groups in total. The van der Waals surface area contributed by atoms with Gasteiger partial charge in [0.1, 0.15) is 0 Å². The van der Waals surface area contributed by atoms with Gasteiger partial charge < -0.3 is 21.7 Å². The molecular weight excluding hydrogens is 256 g/mol. The third-order valence-electron chi connectivity index (χ3n) is 3.74. The van der Waals surface area contributed by atoms with E-state index in [0.717, 1.165) is 18.5 Å². The number of nitrogen functional groups attached to an aromatic ring is 1. The first-order valence-electron chi connectivity index (χ1n) is 6.68. The highest BCUT2D eigenvalue weighted by Gasteiger charge is 2.26. The van der Waals surface area contributed by atoms with E-state index in [1.54, 1.807) is 25.2 Å². The summed E-state index contributed by atoms with van der Waals surface area (Å²) in [6, 6.07) is 5.08. The topological polar surface area (TPSA) is 101 Å². The van der Waals surface area contributed by atoms with E-state index in [4.69, 9.17) is 11.5 Å². The number of primary amides is 1. The number of hydrogen-bond donors (Lipinski definition) is 3. The summed E-state index contributed by atoms with van der Waals surface area (Å²) in [5.74, 6) is -0.352. The Kier molecular flexibility index (Phi) is 4.12. The van der Waals surface area contributed by atoms with E-state index in [0.29, 0.717) is 24.3 Å². The molecule has 1 aliphatic heterocycles. The molecule has 0 unspecified atom stereocenters. The predicted octanol–water partition coefficient (Wildman–Crippen LogP) is 0.330. The summed E-state index contributed by atoms with van der Waals surface area (Å²) in [5, 5.41) is 2.68. The predicted molar refractivity (Wildman–Crippen MR) is 78.4 cm³/mol. The van der Waals surface area contributed by atoms with Crippen LogP contribution in [-0.4, -0.2) is 32.0 Å². The number of piperidine rings is 1. The van der Waals surface area contributed by atoms with Crippen LogP contribution in [0.15, 0.2) is 18.2 Å². The van der Waals surface area contributed by atoms with Gasteiger partial charge in [0.2, 0.25) is 5.91 Å². The first-order valence-corrected chi connectivity index (χ1v) is 6.68. The fourth-order valence-corrected chi connectivity index (χ4v) is 2.61. The summed E-state index contributed by atoms with van der Waals surface area (Å²) in [6.45, 7) is 1.42. The van der Waals surface area contributed by atoms with Crippen LogP contribution in [0, 0.1) is 5.92 Å². The average Bonchev–Trinajstić information content (AvgIpc) is 2.46. The lowest BCUT2D eigenvalue weighted by Crippen LogP contribution is -2.40. The van der Waals surface area contributed by atoms with Gasteiger partial charge in [-0.3, -0.25) is 9.59 Å². The highest BCUT2D eigenvalue weighted by atomic mass is 16.2. The van der Waals surface area contributed by atoms with Crippen LogP contribution in [-0.2, 0) is 4.79 Å². The molecule has 1 fully saturated rings. The van der Waals surface area contributed by atoms with Gasteiger partial charge in [-0.2, -0.15) is 0 Å². The summed E-state index contributed by atoms with van der Waals surface area (Å²) in [7, 11) is 1.65. The van der Waals surface area contributed by atoms with Gasteiger partial charge in [-0.1, -0.05) is 0 Å². The minimum atomic E-state index is -0.464. The molecule has 1 aliphatic rings. The molecule has 0 radical (unpaired) electrons. The maximum absolute atomic E-state index is 11.6. The molecule has 1 aromatic carbocycles. The Morgan fingerprint density at radius 1 is 1.30 bits per heavy atom. The fraction of sp³-hybridized carbons (Fsp3) is 0.429. The number of anilines is 2. The zero-order valence-electron chi connectivity index (χ0n) is 11.6. The monoisotopic (exact) mass is 276 g/mol. The third kappa shape index (κ3) is 2.84. The van der Waals surface area contributed by atoms with Crippen molar-refractivity contribution in [3.63, 3.8) is 0 Å². The molecule has 6 heteroatoms. The number of hydrogen-bond acceptors (Lipinski definition) is 4. The SMILES string of the molecule is CNC(=O)C1CCN(c2cc(N)ccc2C(N)=O)CC1. The first-order chi connectivity index (χ1) is 9.52. The van der Waals surface area contributed by atoms with E-state index in [2.05, 4.69) is 10.2 Å². The Morgan fingerprint density at radius 2 is 1.95 bits per heavy atom. The molecule has 2 amide bonds. The highest BCUT2D eigenvalue weighted by Crippen LogP contribution is 2.28. The Hall–Kier alpha value is -2.24. The summed E-state index contributed by atoms with van der Waals surface area (Å²) >= 11 is 0. The van der Waals surface area contributed by atoms with Crippen LogP contribution in [0.2, 0.25) is 0 Å². The van der Waals surface area contributed by atoms with Crippen LogP contribution in [0.3, 0.4) is 0 Å². The molecule has 20 heavy (non-hydrogen) atoms. The normalized spacial score (nSPS) is 15.9. The number of amides is 2. The van der Waals surface area contributed by atoms with Crippen molar-refractivity contribution in [1.29, 1.82) is 0 Å². The number of carbonyl (C=O) groups is 2. The fourth-order valence-electron chi connectivity index (χ4n) is 2.61. The number of nitrogens with two attached hydrogens (primary N) is 2. The van der Waals surface area contributed by atoms with Crippen LogP contribution in [0.25, 0.3) is 0 Å². The lowest BCUT2D eigenvalue weighted by atomic mass is 9.95. The van der Waals surface area contributed by atoms with Crippen molar-refractivity contribution in [3.8, 4) is 0 Å². The molecule has 108 valence electrons. The van der Waals surface area contributed by atoms with E-state index in [-0.39, 0.29) is 11.8 Å². The van der Waals surface area contributed by atoms with Gasteiger partial charge in [0.25, 0.3) is 5.91 Å². The van der Waals surface area contributed by atoms with Crippen molar-refractivity contribution in [1.82, 2.24) is 5.32 Å². The highest BCUT2D eigenvalue weighted by molar-refractivity contribution is 5.99. The van der Waals surface area contributed by atoms with Gasteiger partial charge >= 0.3 is 0 Å². The Bertz CT molecular complexity index is 522. The van der Waals surface area contributed by atoms with Crippen LogP contribution < -0.4 is 21.7 Å². The van der Waals surface area contributed by atoms with Crippen molar-refractivity contribution in [2.24, 2.45) is 11.7 Å². The molecule has 1 aromatic rings. The van der Waals surface area contributed by atoms with Gasteiger partial charge in [-0.15, -0.1) is 0 Å². The molecule has 1 heterocycles. The zero-order chi connectivity index (χ0) is 14.7. The van der Waals surface area contributed by atoms with Crippen molar-refractivity contribution in [2.75, 3.05) is 30.8 Å². The maximum Gasteiger partial charge on any atom is 0.250 e. The smallest absolute Gasteiger partial charge is 0.250 e. The minimum absolute atomic E-state index is 0.0364. The molecule has 0 saturated carbocycles. The summed E-state index contributed by atoms with van der Waals surface area (Å²) in [5.41, 5.74) is 13.0. The molecule has 0 aromatic heterocycles. The summed E-state index contributed by atoms with van der Waals surface area (Å²) in [4.78, 5) is 25.2. The number of rotatable bonds is 3. The second kappa shape index (κ2) is 5.81. The van der Waals surface area contributed by atoms with Gasteiger partial charge in [0.05, 0.1) is 11.3 Å². The van der Waals surface area contributed by atoms with Crippen molar-refractivity contribution in [2.45, 2.75) is 12.8 Å². The standard InChI is InChI=1S/C14H20N4O2/c1-17-14(20)9-4-6-18(7-5-9)12-8-10(15)2-3-11(12)13(16)19/h2-3,8-9H,4-7,15H2,1H3,(H2,16,19)(H,17,20). The summed E-state index contributed by atoms with van der Waals surface area (Å²) < 4.78 is 0. The van der Waals surface area contributed by atoms with Crippen LogP contribution in [0.1, 0.15) is 23.2 Å². The Morgan fingerprint density at radius 3 is 2.50 bits per heavy atom. The van der Waals surface area contributed by atoms with E-state index in [1.807, 2.05) is 0 Å². The molecular formula is C14H20N4O2. The minimum Gasteiger partial charge on any atom is -0.399 e. The van der Waals surface area contributed by atoms with Gasteiger partial charge in [0, 0.05) is 31.7 Å². The lowest BCUT2D eigenvalue weighted by Gasteiger charge is -2.33. The summed E-state index contributed by atoms with van der Waals surface area (Å²) in [6.07, 6.45) is 1.51. The number of benzene rings is 1. The van der Waals surface area contributed by atoms with Crippen LogP contribution in [0.4, 0.5) is 11.4 Å². The van der Waals surface area contributed by atoms with Gasteiger partial charge in [-0.05, 0) is 31.0 Å². The second-order valence-corrected chi connectivity index (χ2v) is 5.02. The molecule has 0 atom stereocenters. The van der Waals surface area contributed by atoms with Crippen molar-refractivity contribution < 1.29 is 9.59 Å². The largest absolute Gasteiger partial charge is 0.399 e. The second-order valence-electron chi connectivity index (χ2n) is 5.02. The molecule has 6 nitrogen and oxygen atoms in total.